The molecule has 0 radical (unpaired) electrons. The minimum atomic E-state index is -0.519. The van der Waals surface area contributed by atoms with E-state index in [0.717, 1.165) is 19.3 Å². The summed E-state index contributed by atoms with van der Waals surface area (Å²) in [6.07, 6.45) is 3.36. The van der Waals surface area contributed by atoms with Gasteiger partial charge in [-0.25, -0.2) is 0 Å². The summed E-state index contributed by atoms with van der Waals surface area (Å²) in [6.45, 7) is 5.98. The Bertz CT molecular complexity index is 241. The highest BCUT2D eigenvalue weighted by atomic mass is 16.4. The molecule has 4 N–H and O–H groups in total. The zero-order valence-corrected chi connectivity index (χ0v) is 10.4. The summed E-state index contributed by atoms with van der Waals surface area (Å²) in [5.41, 5.74) is 5.49. The highest BCUT2D eigenvalue weighted by Gasteiger charge is 2.23. The van der Waals surface area contributed by atoms with Crippen LogP contribution in [0.4, 0.5) is 0 Å². The second-order valence-corrected chi connectivity index (χ2v) is 4.06. The van der Waals surface area contributed by atoms with E-state index in [0.29, 0.717) is 6.42 Å². The van der Waals surface area contributed by atoms with Crippen LogP contribution < -0.4 is 11.1 Å². The molecule has 0 heterocycles. The summed E-state index contributed by atoms with van der Waals surface area (Å²) >= 11 is 0. The molecule has 5 heteroatoms. The normalized spacial score (nSPS) is 15.6. The number of amidine groups is 1. The number of amides is 1. The lowest BCUT2D eigenvalue weighted by Gasteiger charge is -2.18. The minimum Gasteiger partial charge on any atom is -0.409 e. The molecule has 2 atom stereocenters. The van der Waals surface area contributed by atoms with Gasteiger partial charge in [0.2, 0.25) is 5.91 Å². The number of rotatable bonds is 7. The average molecular weight is 229 g/mol. The minimum absolute atomic E-state index is 0.0111. The quantitative estimate of drug-likeness (QED) is 0.267. The fourth-order valence-electron chi connectivity index (χ4n) is 1.62. The maximum Gasteiger partial charge on any atom is 0.231 e. The lowest BCUT2D eigenvalue weighted by molar-refractivity contribution is -0.123. The molecule has 0 rings (SSSR count). The third kappa shape index (κ3) is 5.00. The van der Waals surface area contributed by atoms with Gasteiger partial charge in [-0.2, -0.15) is 0 Å². The molecule has 94 valence electrons. The van der Waals surface area contributed by atoms with Crippen molar-refractivity contribution in [1.29, 1.82) is 0 Å². The van der Waals surface area contributed by atoms with Gasteiger partial charge in [-0.15, -0.1) is 0 Å². The number of hydrogen-bond acceptors (Lipinski definition) is 3. The van der Waals surface area contributed by atoms with Crippen LogP contribution in [0, 0.1) is 5.92 Å². The standard InChI is InChI=1S/C11H23N3O2/c1-4-6-8(3)13-11(15)9(7-5-2)10(12)14-16/h8-9,16H,4-7H2,1-3H3,(H2,12,14)(H,13,15). The van der Waals surface area contributed by atoms with E-state index in [9.17, 15) is 4.79 Å². The molecule has 2 unspecified atom stereocenters. The van der Waals surface area contributed by atoms with E-state index in [-0.39, 0.29) is 17.8 Å². The first-order valence-corrected chi connectivity index (χ1v) is 5.84. The first kappa shape index (κ1) is 14.7. The molecule has 0 aromatic heterocycles. The highest BCUT2D eigenvalue weighted by molar-refractivity contribution is 6.02. The summed E-state index contributed by atoms with van der Waals surface area (Å²) in [7, 11) is 0. The molecule has 0 aliphatic rings. The molecular formula is C11H23N3O2. The molecule has 0 aliphatic heterocycles. The summed E-state index contributed by atoms with van der Waals surface area (Å²) in [6, 6.07) is 0.128. The Morgan fingerprint density at radius 1 is 1.38 bits per heavy atom. The van der Waals surface area contributed by atoms with Gasteiger partial charge in [0, 0.05) is 6.04 Å². The van der Waals surface area contributed by atoms with Gasteiger partial charge < -0.3 is 16.3 Å². The van der Waals surface area contributed by atoms with Gasteiger partial charge in [0.1, 0.15) is 0 Å². The first-order valence-electron chi connectivity index (χ1n) is 5.84. The number of hydrogen-bond donors (Lipinski definition) is 3. The Hall–Kier alpha value is -1.26. The van der Waals surface area contributed by atoms with Crippen molar-refractivity contribution >= 4 is 11.7 Å². The Balaban J connectivity index is 4.38. The van der Waals surface area contributed by atoms with Gasteiger partial charge in [-0.05, 0) is 19.8 Å². The number of nitrogens with zero attached hydrogens (tertiary/aromatic N) is 1. The molecule has 0 fully saturated rings. The van der Waals surface area contributed by atoms with Crippen LogP contribution >= 0.6 is 0 Å². The Morgan fingerprint density at radius 2 is 1.94 bits per heavy atom. The van der Waals surface area contributed by atoms with E-state index in [1.165, 1.54) is 0 Å². The van der Waals surface area contributed by atoms with Crippen molar-refractivity contribution in [3.8, 4) is 0 Å². The zero-order chi connectivity index (χ0) is 12.6. The number of nitrogens with two attached hydrogens (primary N) is 1. The molecule has 5 nitrogen and oxygen atoms in total. The summed E-state index contributed by atoms with van der Waals surface area (Å²) in [5, 5.41) is 14.4. The van der Waals surface area contributed by atoms with Crippen molar-refractivity contribution in [2.75, 3.05) is 0 Å². The van der Waals surface area contributed by atoms with E-state index in [2.05, 4.69) is 17.4 Å². The topological polar surface area (TPSA) is 87.7 Å². The van der Waals surface area contributed by atoms with Gasteiger partial charge in [0.05, 0.1) is 5.92 Å². The van der Waals surface area contributed by atoms with Crippen molar-refractivity contribution in [2.24, 2.45) is 16.8 Å². The van der Waals surface area contributed by atoms with Gasteiger partial charge in [0.25, 0.3) is 0 Å². The molecule has 0 spiro atoms. The summed E-state index contributed by atoms with van der Waals surface area (Å²) in [4.78, 5) is 11.8. The van der Waals surface area contributed by atoms with Crippen molar-refractivity contribution in [3.05, 3.63) is 0 Å². The Labute approximate surface area is 97.1 Å². The third-order valence-corrected chi connectivity index (χ3v) is 2.48. The SMILES string of the molecule is CCCC(C)NC(=O)C(CCC)C(N)=NO. The van der Waals surface area contributed by atoms with E-state index in [4.69, 9.17) is 10.9 Å². The fourth-order valence-corrected chi connectivity index (χ4v) is 1.62. The number of carbonyl (C=O) groups is 1. The van der Waals surface area contributed by atoms with Crippen molar-refractivity contribution in [2.45, 2.75) is 52.5 Å². The maximum absolute atomic E-state index is 11.8. The largest absolute Gasteiger partial charge is 0.409 e. The molecule has 0 saturated carbocycles. The van der Waals surface area contributed by atoms with Crippen LogP contribution in [-0.4, -0.2) is 23.0 Å². The second-order valence-electron chi connectivity index (χ2n) is 4.06. The van der Waals surface area contributed by atoms with Crippen molar-refractivity contribution in [3.63, 3.8) is 0 Å². The first-order chi connectivity index (χ1) is 7.56. The van der Waals surface area contributed by atoms with Crippen LogP contribution in [0.1, 0.15) is 46.5 Å². The van der Waals surface area contributed by atoms with Gasteiger partial charge in [-0.3, -0.25) is 4.79 Å². The highest BCUT2D eigenvalue weighted by Crippen LogP contribution is 2.08. The molecule has 0 aliphatic carbocycles. The zero-order valence-electron chi connectivity index (χ0n) is 10.4. The lowest BCUT2D eigenvalue weighted by Crippen LogP contribution is -2.42. The van der Waals surface area contributed by atoms with Crippen molar-refractivity contribution < 1.29 is 10.0 Å². The third-order valence-electron chi connectivity index (χ3n) is 2.48. The van der Waals surface area contributed by atoms with Crippen LogP contribution in [0.2, 0.25) is 0 Å². The van der Waals surface area contributed by atoms with Crippen LogP contribution in [-0.2, 0) is 4.79 Å². The molecule has 0 bridgehead atoms. The average Bonchev–Trinajstić information content (AvgIpc) is 2.24. The fraction of sp³-hybridized carbons (Fsp3) is 0.818. The molecule has 0 aromatic carbocycles. The molecule has 1 amide bonds. The number of nitrogens with one attached hydrogen (secondary N) is 1. The molecular weight excluding hydrogens is 206 g/mol. The smallest absolute Gasteiger partial charge is 0.231 e. The molecule has 0 saturated heterocycles. The summed E-state index contributed by atoms with van der Waals surface area (Å²) in [5.74, 6) is -0.685. The van der Waals surface area contributed by atoms with E-state index >= 15 is 0 Å². The van der Waals surface area contributed by atoms with Gasteiger partial charge in [-0.1, -0.05) is 31.8 Å². The van der Waals surface area contributed by atoms with E-state index in [1.54, 1.807) is 0 Å². The van der Waals surface area contributed by atoms with Crippen LogP contribution in [0.5, 0.6) is 0 Å². The molecule has 16 heavy (non-hydrogen) atoms. The van der Waals surface area contributed by atoms with E-state index < -0.39 is 5.92 Å². The summed E-state index contributed by atoms with van der Waals surface area (Å²) < 4.78 is 0. The second kappa shape index (κ2) is 7.96. The predicted molar refractivity (Wildman–Crippen MR) is 64.3 cm³/mol. The Morgan fingerprint density at radius 3 is 2.38 bits per heavy atom. The Kier molecular flexibility index (Phi) is 7.33. The number of oxime groups is 1. The van der Waals surface area contributed by atoms with Gasteiger partial charge >= 0.3 is 0 Å². The maximum atomic E-state index is 11.8. The van der Waals surface area contributed by atoms with Crippen LogP contribution in [0.25, 0.3) is 0 Å². The predicted octanol–water partition coefficient (Wildman–Crippen LogP) is 1.45. The van der Waals surface area contributed by atoms with E-state index in [1.807, 2.05) is 13.8 Å². The number of carbonyl (C=O) groups excluding carboxylic acids is 1. The lowest BCUT2D eigenvalue weighted by atomic mass is 10.0. The van der Waals surface area contributed by atoms with Crippen molar-refractivity contribution in [1.82, 2.24) is 5.32 Å². The monoisotopic (exact) mass is 229 g/mol. The van der Waals surface area contributed by atoms with Gasteiger partial charge in [0.15, 0.2) is 5.84 Å². The van der Waals surface area contributed by atoms with Crippen LogP contribution in [0.3, 0.4) is 0 Å². The van der Waals surface area contributed by atoms with Crippen LogP contribution in [0.15, 0.2) is 5.16 Å². The molecule has 0 aromatic rings.